The van der Waals surface area contributed by atoms with E-state index in [1.54, 1.807) is 17.1 Å². The zero-order valence-electron chi connectivity index (χ0n) is 9.90. The summed E-state index contributed by atoms with van der Waals surface area (Å²) >= 11 is 0. The van der Waals surface area contributed by atoms with Crippen LogP contribution in [0.4, 0.5) is 0 Å². The van der Waals surface area contributed by atoms with Gasteiger partial charge < -0.3 is 15.6 Å². The lowest BCUT2D eigenvalue weighted by atomic mass is 9.63. The average Bonchev–Trinajstić information content (AvgIpc) is 2.64. The molecule has 1 heterocycles. The molecule has 2 unspecified atom stereocenters. The number of carbonyl (C=O) groups excluding carboxylic acids is 1. The van der Waals surface area contributed by atoms with Crippen molar-refractivity contribution in [1.82, 2.24) is 14.9 Å². The first-order valence-corrected chi connectivity index (χ1v) is 5.45. The maximum atomic E-state index is 11.8. The summed E-state index contributed by atoms with van der Waals surface area (Å²) in [5.74, 6) is -0.120. The van der Waals surface area contributed by atoms with Crippen LogP contribution in [-0.2, 0) is 7.05 Å². The van der Waals surface area contributed by atoms with E-state index in [1.165, 1.54) is 0 Å². The maximum absolute atomic E-state index is 11.8. The number of aromatic nitrogens is 2. The Morgan fingerprint density at radius 1 is 1.69 bits per heavy atom. The second-order valence-electron chi connectivity index (χ2n) is 5.11. The van der Waals surface area contributed by atoms with Gasteiger partial charge in [0.05, 0.1) is 6.33 Å². The van der Waals surface area contributed by atoms with E-state index in [9.17, 15) is 4.79 Å². The van der Waals surface area contributed by atoms with Crippen LogP contribution in [0.25, 0.3) is 0 Å². The van der Waals surface area contributed by atoms with Gasteiger partial charge in [0.25, 0.3) is 5.91 Å². The molecule has 0 radical (unpaired) electrons. The predicted octanol–water partition coefficient (Wildman–Crippen LogP) is 0.276. The third-order valence-electron chi connectivity index (χ3n) is 3.59. The molecule has 1 aromatic rings. The third kappa shape index (κ3) is 1.71. The number of aryl methyl sites for hydroxylation is 1. The molecule has 2 rings (SSSR count). The van der Waals surface area contributed by atoms with Gasteiger partial charge in [-0.3, -0.25) is 4.79 Å². The van der Waals surface area contributed by atoms with Crippen molar-refractivity contribution in [2.24, 2.45) is 18.2 Å². The van der Waals surface area contributed by atoms with Crippen LogP contribution < -0.4 is 11.1 Å². The first kappa shape index (κ1) is 11.1. The Morgan fingerprint density at radius 3 is 2.81 bits per heavy atom. The SMILES string of the molecule is Cn1cnc(C(=O)NC2CC(N)C2(C)C)c1. The van der Waals surface area contributed by atoms with Crippen molar-refractivity contribution in [3.63, 3.8) is 0 Å². The molecule has 3 N–H and O–H groups in total. The van der Waals surface area contributed by atoms with E-state index in [-0.39, 0.29) is 23.4 Å². The molecule has 0 spiro atoms. The molecule has 0 saturated heterocycles. The third-order valence-corrected chi connectivity index (χ3v) is 3.59. The van der Waals surface area contributed by atoms with Gasteiger partial charge >= 0.3 is 0 Å². The zero-order valence-corrected chi connectivity index (χ0v) is 9.90. The molecule has 1 amide bonds. The van der Waals surface area contributed by atoms with Crippen molar-refractivity contribution in [2.75, 3.05) is 0 Å². The second kappa shape index (κ2) is 3.59. The normalized spacial score (nSPS) is 27.2. The summed E-state index contributed by atoms with van der Waals surface area (Å²) in [5, 5.41) is 2.97. The van der Waals surface area contributed by atoms with Gasteiger partial charge in [-0.25, -0.2) is 4.98 Å². The van der Waals surface area contributed by atoms with Gasteiger partial charge in [-0.2, -0.15) is 0 Å². The molecular formula is C11H18N4O. The zero-order chi connectivity index (χ0) is 11.9. The van der Waals surface area contributed by atoms with E-state index in [4.69, 9.17) is 5.73 Å². The fourth-order valence-corrected chi connectivity index (χ4v) is 1.97. The lowest BCUT2D eigenvalue weighted by Crippen LogP contribution is -2.64. The topological polar surface area (TPSA) is 72.9 Å². The predicted molar refractivity (Wildman–Crippen MR) is 60.8 cm³/mol. The minimum absolute atomic E-state index is 0.0234. The molecule has 1 aromatic heterocycles. The highest BCUT2D eigenvalue weighted by Gasteiger charge is 2.46. The summed E-state index contributed by atoms with van der Waals surface area (Å²) in [6.45, 7) is 4.15. The number of amides is 1. The van der Waals surface area contributed by atoms with Gasteiger partial charge in [-0.05, 0) is 6.42 Å². The molecule has 0 aliphatic heterocycles. The highest BCUT2D eigenvalue weighted by molar-refractivity contribution is 5.92. The number of hydrogen-bond donors (Lipinski definition) is 2. The minimum atomic E-state index is -0.120. The molecule has 1 fully saturated rings. The van der Waals surface area contributed by atoms with Gasteiger partial charge in [0.1, 0.15) is 5.69 Å². The van der Waals surface area contributed by atoms with E-state index in [0.29, 0.717) is 5.69 Å². The van der Waals surface area contributed by atoms with E-state index in [2.05, 4.69) is 24.1 Å². The smallest absolute Gasteiger partial charge is 0.271 e. The molecule has 5 nitrogen and oxygen atoms in total. The number of nitrogens with two attached hydrogens (primary N) is 1. The standard InChI is InChI=1S/C11H18N4O/c1-11(2)8(12)4-9(11)14-10(16)7-5-15(3)6-13-7/h5-6,8-9H,4,12H2,1-3H3,(H,14,16). The number of nitrogens with zero attached hydrogens (tertiary/aromatic N) is 2. The molecule has 16 heavy (non-hydrogen) atoms. The van der Waals surface area contributed by atoms with Crippen molar-refractivity contribution in [3.8, 4) is 0 Å². The van der Waals surface area contributed by atoms with Gasteiger partial charge in [-0.15, -0.1) is 0 Å². The highest BCUT2D eigenvalue weighted by atomic mass is 16.2. The largest absolute Gasteiger partial charge is 0.347 e. The summed E-state index contributed by atoms with van der Waals surface area (Å²) in [4.78, 5) is 15.8. The van der Waals surface area contributed by atoms with Crippen LogP contribution in [0.1, 0.15) is 30.8 Å². The summed E-state index contributed by atoms with van der Waals surface area (Å²) < 4.78 is 1.76. The van der Waals surface area contributed by atoms with Crippen LogP contribution in [0.15, 0.2) is 12.5 Å². The van der Waals surface area contributed by atoms with E-state index < -0.39 is 0 Å². The summed E-state index contributed by atoms with van der Waals surface area (Å²) in [7, 11) is 1.84. The Bertz CT molecular complexity index is 410. The first-order valence-electron chi connectivity index (χ1n) is 5.45. The summed E-state index contributed by atoms with van der Waals surface area (Å²) in [5.41, 5.74) is 6.33. The summed E-state index contributed by atoms with van der Waals surface area (Å²) in [6, 6.07) is 0.318. The van der Waals surface area contributed by atoms with Crippen molar-refractivity contribution < 1.29 is 4.79 Å². The van der Waals surface area contributed by atoms with Crippen LogP contribution in [-0.4, -0.2) is 27.5 Å². The lowest BCUT2D eigenvalue weighted by molar-refractivity contribution is 0.0583. The molecule has 0 aromatic carbocycles. The Morgan fingerprint density at radius 2 is 2.38 bits per heavy atom. The van der Waals surface area contributed by atoms with Crippen molar-refractivity contribution >= 4 is 5.91 Å². The number of imidazole rings is 1. The van der Waals surface area contributed by atoms with Crippen LogP contribution in [0.3, 0.4) is 0 Å². The van der Waals surface area contributed by atoms with Crippen LogP contribution in [0.5, 0.6) is 0 Å². The van der Waals surface area contributed by atoms with Crippen molar-refractivity contribution in [1.29, 1.82) is 0 Å². The number of hydrogen-bond acceptors (Lipinski definition) is 3. The van der Waals surface area contributed by atoms with Crippen LogP contribution in [0, 0.1) is 5.41 Å². The molecule has 0 bridgehead atoms. The Kier molecular flexibility index (Phi) is 2.50. The highest BCUT2D eigenvalue weighted by Crippen LogP contribution is 2.39. The van der Waals surface area contributed by atoms with E-state index >= 15 is 0 Å². The van der Waals surface area contributed by atoms with Crippen molar-refractivity contribution in [2.45, 2.75) is 32.4 Å². The second-order valence-corrected chi connectivity index (χ2v) is 5.11. The van der Waals surface area contributed by atoms with Crippen LogP contribution >= 0.6 is 0 Å². The Hall–Kier alpha value is -1.36. The molecule has 5 heteroatoms. The molecular weight excluding hydrogens is 204 g/mol. The molecule has 2 atom stereocenters. The maximum Gasteiger partial charge on any atom is 0.271 e. The van der Waals surface area contributed by atoms with E-state index in [0.717, 1.165) is 6.42 Å². The fourth-order valence-electron chi connectivity index (χ4n) is 1.97. The van der Waals surface area contributed by atoms with Gasteiger partial charge in [0, 0.05) is 30.7 Å². The number of carbonyl (C=O) groups is 1. The van der Waals surface area contributed by atoms with Crippen molar-refractivity contribution in [3.05, 3.63) is 18.2 Å². The average molecular weight is 222 g/mol. The van der Waals surface area contributed by atoms with E-state index in [1.807, 2.05) is 7.05 Å². The minimum Gasteiger partial charge on any atom is -0.347 e. The van der Waals surface area contributed by atoms with Gasteiger partial charge in [-0.1, -0.05) is 13.8 Å². The van der Waals surface area contributed by atoms with Crippen LogP contribution in [0.2, 0.25) is 0 Å². The molecule has 1 aliphatic carbocycles. The van der Waals surface area contributed by atoms with Gasteiger partial charge in [0.2, 0.25) is 0 Å². The van der Waals surface area contributed by atoms with Gasteiger partial charge in [0.15, 0.2) is 0 Å². The molecule has 1 saturated carbocycles. The summed E-state index contributed by atoms with van der Waals surface area (Å²) in [6.07, 6.45) is 4.17. The Labute approximate surface area is 95.0 Å². The lowest BCUT2D eigenvalue weighted by Gasteiger charge is -2.50. The Balaban J connectivity index is 1.99. The monoisotopic (exact) mass is 222 g/mol. The molecule has 1 aliphatic rings. The first-order chi connectivity index (χ1) is 7.41. The number of nitrogens with one attached hydrogen (secondary N) is 1. The molecule has 88 valence electrons. The fraction of sp³-hybridized carbons (Fsp3) is 0.636. The number of rotatable bonds is 2. The quantitative estimate of drug-likeness (QED) is 0.754.